The van der Waals surface area contributed by atoms with E-state index in [0.29, 0.717) is 12.1 Å². The van der Waals surface area contributed by atoms with Crippen LogP contribution in [0.25, 0.3) is 0 Å². The number of amides is 1. The smallest absolute Gasteiger partial charge is 0.329 e. The predicted molar refractivity (Wildman–Crippen MR) is 183 cm³/mol. The molecule has 1 aromatic carbocycles. The van der Waals surface area contributed by atoms with Gasteiger partial charge in [-0.2, -0.15) is 0 Å². The third kappa shape index (κ3) is 7.70. The zero-order valence-corrected chi connectivity index (χ0v) is 30.0. The molecule has 254 valence electrons. The molecule has 4 atom stereocenters. The summed E-state index contributed by atoms with van der Waals surface area (Å²) in [6.07, 6.45) is 6.36. The highest BCUT2D eigenvalue weighted by Crippen LogP contribution is 2.49. The third-order valence-electron chi connectivity index (χ3n) is 9.67. The Kier molecular flexibility index (Phi) is 10.5. The fourth-order valence-electron chi connectivity index (χ4n) is 7.42. The van der Waals surface area contributed by atoms with Crippen LogP contribution in [0.2, 0.25) is 0 Å². The summed E-state index contributed by atoms with van der Waals surface area (Å²) in [4.78, 5) is 44.8. The van der Waals surface area contributed by atoms with Crippen LogP contribution in [0.1, 0.15) is 117 Å². The molecule has 2 fully saturated rings. The molecular weight excluding hydrogens is 578 g/mol. The molecule has 8 nitrogen and oxygen atoms in total. The van der Waals surface area contributed by atoms with Crippen molar-refractivity contribution < 1.29 is 19.1 Å². The number of aryl methyl sites for hydroxylation is 1. The molecule has 1 saturated carbocycles. The van der Waals surface area contributed by atoms with Gasteiger partial charge in [-0.05, 0) is 68.2 Å². The topological polar surface area (TPSA) is 89.9 Å². The Balaban J connectivity index is 1.93. The van der Waals surface area contributed by atoms with Gasteiger partial charge in [0.2, 0.25) is 5.91 Å². The van der Waals surface area contributed by atoms with Crippen molar-refractivity contribution in [1.29, 1.82) is 0 Å². The molecule has 2 aromatic rings. The first kappa shape index (κ1) is 35.7. The fourth-order valence-corrected chi connectivity index (χ4v) is 7.42. The molecule has 1 aliphatic heterocycles. The van der Waals surface area contributed by atoms with E-state index in [4.69, 9.17) is 9.47 Å². The van der Waals surface area contributed by atoms with Gasteiger partial charge in [0.1, 0.15) is 17.4 Å². The van der Waals surface area contributed by atoms with Crippen LogP contribution in [0.4, 0.5) is 0 Å². The number of likely N-dealkylation sites (tertiary alicyclic amines) is 1. The monoisotopic (exact) mass is 635 g/mol. The van der Waals surface area contributed by atoms with E-state index in [9.17, 15) is 14.4 Å². The molecule has 0 bridgehead atoms. The van der Waals surface area contributed by atoms with Crippen molar-refractivity contribution >= 4 is 11.9 Å². The lowest BCUT2D eigenvalue weighted by Gasteiger charge is -2.38. The van der Waals surface area contributed by atoms with Gasteiger partial charge in [-0.25, -0.2) is 4.79 Å². The summed E-state index contributed by atoms with van der Waals surface area (Å²) in [6, 6.07) is 7.95. The molecule has 1 saturated heterocycles. The highest BCUT2D eigenvalue weighted by molar-refractivity contribution is 5.88. The zero-order valence-electron chi connectivity index (χ0n) is 30.0. The van der Waals surface area contributed by atoms with E-state index in [2.05, 4.69) is 59.0 Å². The Morgan fingerprint density at radius 3 is 2.17 bits per heavy atom. The molecule has 0 radical (unpaired) electrons. The van der Waals surface area contributed by atoms with Crippen LogP contribution in [0.5, 0.6) is 5.75 Å². The molecule has 2 aliphatic rings. The first-order chi connectivity index (χ1) is 21.3. The second-order valence-electron chi connectivity index (χ2n) is 16.5. The van der Waals surface area contributed by atoms with E-state index in [1.165, 1.54) is 5.56 Å². The Morgan fingerprint density at radius 2 is 1.61 bits per heavy atom. The number of hydrogen-bond acceptors (Lipinski definition) is 6. The van der Waals surface area contributed by atoms with Crippen LogP contribution >= 0.6 is 0 Å². The minimum Gasteiger partial charge on any atom is -0.496 e. The molecule has 1 N–H and O–H groups in total. The number of nitrogens with zero attached hydrogens (tertiary/aromatic N) is 2. The number of ether oxygens (including phenoxy) is 2. The highest BCUT2D eigenvalue weighted by atomic mass is 16.6. The second kappa shape index (κ2) is 13.5. The molecule has 0 unspecified atom stereocenters. The molecule has 1 aromatic heterocycles. The van der Waals surface area contributed by atoms with Crippen LogP contribution in [0.15, 0.2) is 41.3 Å². The number of benzene rings is 1. The van der Waals surface area contributed by atoms with Crippen LogP contribution in [-0.4, -0.2) is 46.1 Å². The Labute approximate surface area is 276 Å². The Bertz CT molecular complexity index is 1450. The largest absolute Gasteiger partial charge is 0.496 e. The first-order valence-corrected chi connectivity index (χ1v) is 17.0. The molecule has 4 rings (SSSR count). The van der Waals surface area contributed by atoms with Gasteiger partial charge in [0.05, 0.1) is 13.2 Å². The minimum atomic E-state index is -0.871. The number of pyridine rings is 1. The van der Waals surface area contributed by atoms with Gasteiger partial charge >= 0.3 is 5.97 Å². The average molecular weight is 636 g/mol. The maximum atomic E-state index is 14.8. The summed E-state index contributed by atoms with van der Waals surface area (Å²) < 4.78 is 13.4. The quantitative estimate of drug-likeness (QED) is 0.341. The normalized spacial score (nSPS) is 23.0. The summed E-state index contributed by atoms with van der Waals surface area (Å²) in [5, 5.41) is 3.81. The van der Waals surface area contributed by atoms with Crippen molar-refractivity contribution in [2.75, 3.05) is 7.11 Å². The molecule has 46 heavy (non-hydrogen) atoms. The van der Waals surface area contributed by atoms with Gasteiger partial charge < -0.3 is 24.3 Å². The van der Waals surface area contributed by atoms with Crippen molar-refractivity contribution in [3.05, 3.63) is 63.6 Å². The van der Waals surface area contributed by atoms with Crippen LogP contribution < -0.4 is 15.6 Å². The lowest BCUT2D eigenvalue weighted by atomic mass is 9.72. The number of carbonyl (C=O) groups excluding carboxylic acids is 2. The van der Waals surface area contributed by atoms with Crippen LogP contribution in [-0.2, 0) is 33.3 Å². The number of rotatable bonds is 7. The van der Waals surface area contributed by atoms with E-state index in [1.54, 1.807) is 29.8 Å². The van der Waals surface area contributed by atoms with Crippen molar-refractivity contribution in [3.8, 4) is 5.75 Å². The van der Waals surface area contributed by atoms with E-state index in [1.807, 2.05) is 39.0 Å². The van der Waals surface area contributed by atoms with E-state index >= 15 is 0 Å². The van der Waals surface area contributed by atoms with Gasteiger partial charge in [-0.3, -0.25) is 9.59 Å². The third-order valence-corrected chi connectivity index (χ3v) is 9.67. The van der Waals surface area contributed by atoms with E-state index in [0.717, 1.165) is 43.4 Å². The van der Waals surface area contributed by atoms with Crippen LogP contribution in [0.3, 0.4) is 0 Å². The van der Waals surface area contributed by atoms with Gasteiger partial charge in [0, 0.05) is 48.8 Å². The SMILES string of the molecule is COc1ccc(C(C)(C)C)cc1CN[C@H]1[C@H](C(C)(C)C)[C@@H](C(=O)OC(C)(C)C)N(C(=O)C2CCCCC2)[C@H]1c1cccn(C)c1=O. The van der Waals surface area contributed by atoms with Gasteiger partial charge in [-0.1, -0.05) is 72.9 Å². The van der Waals surface area contributed by atoms with Crippen molar-refractivity contribution in [2.45, 2.75) is 130 Å². The zero-order chi connectivity index (χ0) is 34.2. The molecule has 1 amide bonds. The van der Waals surface area contributed by atoms with E-state index < -0.39 is 35.1 Å². The highest BCUT2D eigenvalue weighted by Gasteiger charge is 2.59. The lowest BCUT2D eigenvalue weighted by molar-refractivity contribution is -0.168. The van der Waals surface area contributed by atoms with E-state index in [-0.39, 0.29) is 28.7 Å². The Hall–Kier alpha value is -3.13. The molecule has 0 spiro atoms. The summed E-state index contributed by atoms with van der Waals surface area (Å²) in [7, 11) is 3.40. The number of aromatic nitrogens is 1. The summed E-state index contributed by atoms with van der Waals surface area (Å²) in [5.74, 6) is -0.279. The van der Waals surface area contributed by atoms with Crippen LogP contribution in [0, 0.1) is 17.3 Å². The number of esters is 1. The summed E-state index contributed by atoms with van der Waals surface area (Å²) in [5.41, 5.74) is 1.24. The van der Waals surface area contributed by atoms with Gasteiger partial charge in [0.15, 0.2) is 0 Å². The number of nitrogens with one attached hydrogen (secondary N) is 1. The lowest BCUT2D eigenvalue weighted by Crippen LogP contribution is -2.51. The maximum absolute atomic E-state index is 14.8. The number of hydrogen-bond donors (Lipinski definition) is 1. The number of methoxy groups -OCH3 is 1. The summed E-state index contributed by atoms with van der Waals surface area (Å²) >= 11 is 0. The number of carbonyl (C=O) groups is 2. The fraction of sp³-hybridized carbons (Fsp3) is 0.658. The second-order valence-corrected chi connectivity index (χ2v) is 16.5. The summed E-state index contributed by atoms with van der Waals surface area (Å²) in [6.45, 7) is 18.9. The standard InChI is InChI=1S/C38H57N3O5/c1-36(2,3)26-19-20-28(45-11)25(22-26)23-39-30-29(37(4,5)6)32(35(44)46-38(7,8)9)41(33(42)24-16-13-12-14-17-24)31(30)27-18-15-21-40(10)34(27)43/h15,18-22,24,29-32,39H,12-14,16-17,23H2,1-11H3/t29-,30-,31-,32-/m0/s1. The minimum absolute atomic E-state index is 0.0580. The van der Waals surface area contributed by atoms with Gasteiger partial charge in [0.25, 0.3) is 5.56 Å². The molecule has 8 heteroatoms. The Morgan fingerprint density at radius 1 is 0.957 bits per heavy atom. The molecule has 2 heterocycles. The first-order valence-electron chi connectivity index (χ1n) is 17.0. The molecular formula is C38H57N3O5. The average Bonchev–Trinajstić information content (AvgIpc) is 3.31. The van der Waals surface area contributed by atoms with Crippen molar-refractivity contribution in [1.82, 2.24) is 14.8 Å². The maximum Gasteiger partial charge on any atom is 0.329 e. The van der Waals surface area contributed by atoms with Crippen molar-refractivity contribution in [3.63, 3.8) is 0 Å². The van der Waals surface area contributed by atoms with Crippen molar-refractivity contribution in [2.24, 2.45) is 24.3 Å². The molecule has 1 aliphatic carbocycles. The predicted octanol–water partition coefficient (Wildman–Crippen LogP) is 6.69. The van der Waals surface area contributed by atoms with Gasteiger partial charge in [-0.15, -0.1) is 0 Å².